The Balaban J connectivity index is 1.20. The van der Waals surface area contributed by atoms with Gasteiger partial charge in [0.2, 0.25) is 5.91 Å². The molecular formula is C23H32N2O. The first-order valence-electron chi connectivity index (χ1n) is 10.9. The average molecular weight is 353 g/mol. The van der Waals surface area contributed by atoms with Crippen LogP contribution < -0.4 is 0 Å². The minimum atomic E-state index is 0.377. The summed E-state index contributed by atoms with van der Waals surface area (Å²) in [5, 5.41) is 0. The van der Waals surface area contributed by atoms with Gasteiger partial charge in [0, 0.05) is 25.6 Å². The zero-order valence-electron chi connectivity index (χ0n) is 15.9. The summed E-state index contributed by atoms with van der Waals surface area (Å²) in [7, 11) is 0. The quantitative estimate of drug-likeness (QED) is 0.807. The van der Waals surface area contributed by atoms with Crippen LogP contribution in [0, 0.1) is 17.8 Å². The number of hydrogen-bond donors (Lipinski definition) is 0. The van der Waals surface area contributed by atoms with Crippen LogP contribution in [-0.4, -0.2) is 48.4 Å². The zero-order valence-corrected chi connectivity index (χ0v) is 15.9. The molecule has 4 fully saturated rings. The number of benzene rings is 1. The summed E-state index contributed by atoms with van der Waals surface area (Å²) in [6.07, 6.45) is 8.82. The van der Waals surface area contributed by atoms with Gasteiger partial charge in [-0.1, -0.05) is 24.3 Å². The van der Waals surface area contributed by atoms with E-state index in [2.05, 4.69) is 34.1 Å². The predicted molar refractivity (Wildman–Crippen MR) is 104 cm³/mol. The van der Waals surface area contributed by atoms with Gasteiger partial charge >= 0.3 is 0 Å². The van der Waals surface area contributed by atoms with Crippen LogP contribution in [0.2, 0.25) is 0 Å². The van der Waals surface area contributed by atoms with E-state index >= 15 is 0 Å². The normalized spacial score (nSPS) is 31.5. The standard InChI is InChI=1S/C23H32N2O/c26-23(19-7-8-19)25-15-20-9-10-21(22(20)16-25)18-5-3-17(4-6-18)11-14-24-12-1-2-13-24/h3-6,19-22H,1-2,7-16H2. The summed E-state index contributed by atoms with van der Waals surface area (Å²) >= 11 is 0. The summed E-state index contributed by atoms with van der Waals surface area (Å²) in [5.74, 6) is 2.95. The second-order valence-corrected chi connectivity index (χ2v) is 9.17. The Hall–Kier alpha value is -1.35. The molecule has 5 rings (SSSR count). The second kappa shape index (κ2) is 6.99. The van der Waals surface area contributed by atoms with Crippen molar-refractivity contribution in [1.29, 1.82) is 0 Å². The topological polar surface area (TPSA) is 23.6 Å². The molecule has 0 radical (unpaired) electrons. The summed E-state index contributed by atoms with van der Waals surface area (Å²) in [5.41, 5.74) is 3.00. The summed E-state index contributed by atoms with van der Waals surface area (Å²) in [6.45, 7) is 5.84. The Morgan fingerprint density at radius 1 is 0.962 bits per heavy atom. The molecule has 3 unspecified atom stereocenters. The molecule has 2 aliphatic carbocycles. The summed E-state index contributed by atoms with van der Waals surface area (Å²) in [6, 6.07) is 9.50. The Morgan fingerprint density at radius 2 is 1.73 bits per heavy atom. The zero-order chi connectivity index (χ0) is 17.5. The van der Waals surface area contributed by atoms with Gasteiger partial charge in [0.1, 0.15) is 0 Å². The highest BCUT2D eigenvalue weighted by atomic mass is 16.2. The fourth-order valence-electron chi connectivity index (χ4n) is 5.67. The predicted octanol–water partition coefficient (Wildman–Crippen LogP) is 3.69. The molecule has 0 N–H and O–H groups in total. The Kier molecular flexibility index (Phi) is 4.52. The van der Waals surface area contributed by atoms with Crippen molar-refractivity contribution in [2.24, 2.45) is 17.8 Å². The van der Waals surface area contributed by atoms with Crippen LogP contribution in [0.25, 0.3) is 0 Å². The molecule has 3 atom stereocenters. The molecule has 26 heavy (non-hydrogen) atoms. The summed E-state index contributed by atoms with van der Waals surface area (Å²) < 4.78 is 0. The van der Waals surface area contributed by atoms with Gasteiger partial charge in [-0.15, -0.1) is 0 Å². The lowest BCUT2D eigenvalue weighted by atomic mass is 9.86. The number of carbonyl (C=O) groups excluding carboxylic acids is 1. The first-order valence-corrected chi connectivity index (χ1v) is 10.9. The molecule has 1 amide bonds. The largest absolute Gasteiger partial charge is 0.342 e. The van der Waals surface area contributed by atoms with Gasteiger partial charge in [0.05, 0.1) is 0 Å². The van der Waals surface area contributed by atoms with Gasteiger partial charge < -0.3 is 9.80 Å². The number of nitrogens with zero attached hydrogens (tertiary/aromatic N) is 2. The Morgan fingerprint density at radius 3 is 2.46 bits per heavy atom. The highest BCUT2D eigenvalue weighted by Crippen LogP contribution is 2.48. The van der Waals surface area contributed by atoms with E-state index in [0.717, 1.165) is 31.8 Å². The van der Waals surface area contributed by atoms with E-state index in [4.69, 9.17) is 0 Å². The molecular weight excluding hydrogens is 320 g/mol. The minimum Gasteiger partial charge on any atom is -0.342 e. The molecule has 1 aromatic carbocycles. The maximum atomic E-state index is 12.4. The minimum absolute atomic E-state index is 0.377. The van der Waals surface area contributed by atoms with E-state index in [9.17, 15) is 4.79 Å². The van der Waals surface area contributed by atoms with Gasteiger partial charge in [-0.05, 0) is 86.9 Å². The van der Waals surface area contributed by atoms with Crippen molar-refractivity contribution in [3.8, 4) is 0 Å². The molecule has 2 heterocycles. The average Bonchev–Trinajstić information content (AvgIpc) is 3.06. The molecule has 3 nitrogen and oxygen atoms in total. The van der Waals surface area contributed by atoms with Gasteiger partial charge in [0.25, 0.3) is 0 Å². The number of likely N-dealkylation sites (tertiary alicyclic amines) is 2. The van der Waals surface area contributed by atoms with Crippen LogP contribution in [0.4, 0.5) is 0 Å². The van der Waals surface area contributed by atoms with E-state index in [1.54, 1.807) is 0 Å². The fourth-order valence-corrected chi connectivity index (χ4v) is 5.67. The van der Waals surface area contributed by atoms with Crippen molar-refractivity contribution in [2.45, 2.75) is 50.9 Å². The van der Waals surface area contributed by atoms with Crippen LogP contribution in [0.3, 0.4) is 0 Å². The molecule has 3 heteroatoms. The summed E-state index contributed by atoms with van der Waals surface area (Å²) in [4.78, 5) is 17.2. The van der Waals surface area contributed by atoms with E-state index in [1.165, 1.54) is 62.9 Å². The maximum Gasteiger partial charge on any atom is 0.225 e. The molecule has 4 aliphatic rings. The van der Waals surface area contributed by atoms with Crippen molar-refractivity contribution in [2.75, 3.05) is 32.7 Å². The van der Waals surface area contributed by atoms with Gasteiger partial charge in [-0.2, -0.15) is 0 Å². The molecule has 1 aromatic rings. The number of fused-ring (bicyclic) bond motifs is 1. The Labute approximate surface area is 157 Å². The first kappa shape index (κ1) is 16.8. The third-order valence-corrected chi connectivity index (χ3v) is 7.42. The van der Waals surface area contributed by atoms with E-state index in [1.807, 2.05) is 0 Å². The molecule has 0 aromatic heterocycles. The van der Waals surface area contributed by atoms with Crippen LogP contribution in [-0.2, 0) is 11.2 Å². The molecule has 0 bridgehead atoms. The van der Waals surface area contributed by atoms with Gasteiger partial charge in [0.15, 0.2) is 0 Å². The van der Waals surface area contributed by atoms with Crippen LogP contribution in [0.15, 0.2) is 24.3 Å². The maximum absolute atomic E-state index is 12.4. The Bertz CT molecular complexity index is 645. The van der Waals surface area contributed by atoms with Crippen LogP contribution in [0.5, 0.6) is 0 Å². The third-order valence-electron chi connectivity index (χ3n) is 7.42. The van der Waals surface area contributed by atoms with E-state index in [-0.39, 0.29) is 0 Å². The van der Waals surface area contributed by atoms with E-state index in [0.29, 0.717) is 23.7 Å². The molecule has 0 spiro atoms. The lowest BCUT2D eigenvalue weighted by Crippen LogP contribution is -2.31. The van der Waals surface area contributed by atoms with Crippen molar-refractivity contribution in [1.82, 2.24) is 9.80 Å². The van der Waals surface area contributed by atoms with E-state index < -0.39 is 0 Å². The first-order chi connectivity index (χ1) is 12.8. The molecule has 140 valence electrons. The van der Waals surface area contributed by atoms with Crippen LogP contribution >= 0.6 is 0 Å². The monoisotopic (exact) mass is 352 g/mol. The third kappa shape index (κ3) is 3.31. The lowest BCUT2D eigenvalue weighted by molar-refractivity contribution is -0.131. The van der Waals surface area contributed by atoms with Crippen molar-refractivity contribution < 1.29 is 4.79 Å². The molecule has 2 aliphatic heterocycles. The number of carbonyl (C=O) groups is 1. The van der Waals surface area contributed by atoms with Gasteiger partial charge in [-0.25, -0.2) is 0 Å². The lowest BCUT2D eigenvalue weighted by Gasteiger charge is -2.21. The van der Waals surface area contributed by atoms with Crippen molar-refractivity contribution in [3.05, 3.63) is 35.4 Å². The van der Waals surface area contributed by atoms with Gasteiger partial charge in [-0.3, -0.25) is 4.79 Å². The number of rotatable bonds is 5. The number of amides is 1. The smallest absolute Gasteiger partial charge is 0.225 e. The van der Waals surface area contributed by atoms with Crippen molar-refractivity contribution >= 4 is 5.91 Å². The number of hydrogen-bond acceptors (Lipinski definition) is 2. The van der Waals surface area contributed by atoms with Crippen molar-refractivity contribution in [3.63, 3.8) is 0 Å². The molecule has 2 saturated carbocycles. The molecule has 2 saturated heterocycles. The highest BCUT2D eigenvalue weighted by Gasteiger charge is 2.46. The fraction of sp³-hybridized carbons (Fsp3) is 0.696. The second-order valence-electron chi connectivity index (χ2n) is 9.17. The SMILES string of the molecule is O=C(C1CC1)N1CC2CCC(c3ccc(CCN4CCCC4)cc3)C2C1. The van der Waals surface area contributed by atoms with Crippen LogP contribution in [0.1, 0.15) is 55.6 Å². The highest BCUT2D eigenvalue weighted by molar-refractivity contribution is 5.81.